The van der Waals surface area contributed by atoms with Crippen LogP contribution in [0.5, 0.6) is 0 Å². The van der Waals surface area contributed by atoms with Crippen LogP contribution in [0.2, 0.25) is 15.1 Å². The van der Waals surface area contributed by atoms with Crippen molar-refractivity contribution in [2.24, 2.45) is 5.92 Å². The van der Waals surface area contributed by atoms with Crippen LogP contribution in [0.25, 0.3) is 0 Å². The topological polar surface area (TPSA) is 15.3 Å². The summed E-state index contributed by atoms with van der Waals surface area (Å²) in [5, 5.41) is 5.27. The Morgan fingerprint density at radius 2 is 1.89 bits per heavy atom. The van der Waals surface area contributed by atoms with Gasteiger partial charge in [-0.2, -0.15) is 0 Å². The lowest BCUT2D eigenvalue weighted by molar-refractivity contribution is 0.327. The molecule has 106 valence electrons. The van der Waals surface area contributed by atoms with Crippen molar-refractivity contribution in [1.29, 1.82) is 0 Å². The first-order chi connectivity index (χ1) is 9.02. The summed E-state index contributed by atoms with van der Waals surface area (Å²) < 4.78 is 0. The van der Waals surface area contributed by atoms with E-state index < -0.39 is 0 Å². The van der Waals surface area contributed by atoms with Crippen molar-refractivity contribution in [3.05, 3.63) is 27.2 Å². The van der Waals surface area contributed by atoms with E-state index >= 15 is 0 Å². The van der Waals surface area contributed by atoms with Gasteiger partial charge in [0.05, 0.1) is 20.8 Å². The Morgan fingerprint density at radius 3 is 2.53 bits per heavy atom. The molecule has 0 radical (unpaired) electrons. The average molecular weight is 322 g/mol. The predicted octanol–water partition coefficient (Wildman–Crippen LogP) is 4.47. The molecule has 1 heterocycles. The third-order valence-corrected chi connectivity index (χ3v) is 4.73. The minimum atomic E-state index is 0.506. The average Bonchev–Trinajstić information content (AvgIpc) is 2.36. The Labute approximate surface area is 130 Å². The number of nitrogens with one attached hydrogen (secondary N) is 1. The van der Waals surface area contributed by atoms with Crippen LogP contribution in [-0.2, 0) is 0 Å². The molecule has 1 aromatic carbocycles. The molecule has 2 nitrogen and oxygen atoms in total. The van der Waals surface area contributed by atoms with Crippen LogP contribution < -0.4 is 10.2 Å². The van der Waals surface area contributed by atoms with Gasteiger partial charge in [-0.15, -0.1) is 0 Å². The molecule has 0 saturated carbocycles. The van der Waals surface area contributed by atoms with Crippen molar-refractivity contribution in [1.82, 2.24) is 5.32 Å². The summed E-state index contributed by atoms with van der Waals surface area (Å²) in [6.07, 6.45) is 1.12. The third kappa shape index (κ3) is 3.49. The summed E-state index contributed by atoms with van der Waals surface area (Å²) in [6.45, 7) is 7.40. The molecule has 1 N–H and O–H groups in total. The Hall–Kier alpha value is -0.150. The molecule has 0 spiro atoms. The normalized spacial score (nSPS) is 23.7. The maximum absolute atomic E-state index is 6.28. The summed E-state index contributed by atoms with van der Waals surface area (Å²) in [7, 11) is 0. The molecule has 5 heteroatoms. The Kier molecular flexibility index (Phi) is 5.24. The number of rotatable bonds is 3. The van der Waals surface area contributed by atoms with Crippen LogP contribution in [0, 0.1) is 5.92 Å². The first kappa shape index (κ1) is 15.2. The van der Waals surface area contributed by atoms with E-state index in [1.807, 2.05) is 6.07 Å². The molecule has 0 aliphatic carbocycles. The first-order valence-electron chi connectivity index (χ1n) is 6.65. The molecule has 1 aromatic rings. The lowest BCUT2D eigenvalue weighted by atomic mass is 9.93. The predicted molar refractivity (Wildman–Crippen MR) is 84.9 cm³/mol. The molecular weight excluding hydrogens is 303 g/mol. The minimum absolute atomic E-state index is 0.506. The zero-order valence-electron chi connectivity index (χ0n) is 11.2. The number of nitrogens with zero attached hydrogens (tertiary/aromatic N) is 1. The molecule has 0 bridgehead atoms. The molecule has 0 aromatic heterocycles. The second kappa shape index (κ2) is 6.53. The van der Waals surface area contributed by atoms with E-state index in [0.29, 0.717) is 27.0 Å². The van der Waals surface area contributed by atoms with Gasteiger partial charge in [0.25, 0.3) is 0 Å². The van der Waals surface area contributed by atoms with E-state index in [1.165, 1.54) is 0 Å². The van der Waals surface area contributed by atoms with Crippen LogP contribution in [0.1, 0.15) is 20.3 Å². The summed E-state index contributed by atoms with van der Waals surface area (Å²) in [5.74, 6) is 0.583. The zero-order valence-corrected chi connectivity index (χ0v) is 13.5. The lowest BCUT2D eigenvalue weighted by Gasteiger charge is -2.39. The fraction of sp³-hybridized carbons (Fsp3) is 0.571. The van der Waals surface area contributed by atoms with E-state index in [1.54, 1.807) is 6.07 Å². The van der Waals surface area contributed by atoms with Crippen LogP contribution in [-0.4, -0.2) is 25.7 Å². The van der Waals surface area contributed by atoms with Gasteiger partial charge in [0, 0.05) is 19.1 Å². The highest BCUT2D eigenvalue weighted by Crippen LogP contribution is 2.36. The quantitative estimate of drug-likeness (QED) is 0.826. The molecule has 1 fully saturated rings. The summed E-state index contributed by atoms with van der Waals surface area (Å²) in [4.78, 5) is 2.29. The van der Waals surface area contributed by atoms with Gasteiger partial charge in [-0.3, -0.25) is 0 Å². The van der Waals surface area contributed by atoms with Crippen molar-refractivity contribution in [3.63, 3.8) is 0 Å². The largest absolute Gasteiger partial charge is 0.370 e. The number of benzene rings is 1. The number of hydrogen-bond acceptors (Lipinski definition) is 2. The van der Waals surface area contributed by atoms with Crippen LogP contribution in [0.15, 0.2) is 12.1 Å². The standard InChI is InChI=1S/C14H19Cl3N2/c1-3-18-13-4-5-19(8-9(13)2)14-7-11(16)10(15)6-12(14)17/h6-7,9,13,18H,3-5,8H2,1-2H3. The fourth-order valence-electron chi connectivity index (χ4n) is 2.68. The third-order valence-electron chi connectivity index (χ3n) is 3.70. The van der Waals surface area contributed by atoms with E-state index in [4.69, 9.17) is 34.8 Å². The van der Waals surface area contributed by atoms with Crippen molar-refractivity contribution in [3.8, 4) is 0 Å². The molecule has 1 saturated heterocycles. The second-order valence-electron chi connectivity index (χ2n) is 5.09. The molecule has 1 aliphatic rings. The van der Waals surface area contributed by atoms with E-state index in [-0.39, 0.29) is 0 Å². The van der Waals surface area contributed by atoms with Crippen LogP contribution in [0.3, 0.4) is 0 Å². The minimum Gasteiger partial charge on any atom is -0.370 e. The monoisotopic (exact) mass is 320 g/mol. The van der Waals surface area contributed by atoms with Gasteiger partial charge in [-0.1, -0.05) is 48.7 Å². The van der Waals surface area contributed by atoms with E-state index in [2.05, 4.69) is 24.1 Å². The summed E-state index contributed by atoms with van der Waals surface area (Å²) >= 11 is 18.3. The highest BCUT2D eigenvalue weighted by Gasteiger charge is 2.26. The Balaban J connectivity index is 2.14. The van der Waals surface area contributed by atoms with Crippen LogP contribution in [0.4, 0.5) is 5.69 Å². The summed E-state index contributed by atoms with van der Waals surface area (Å²) in [6, 6.07) is 4.18. The van der Waals surface area contributed by atoms with Gasteiger partial charge in [0.2, 0.25) is 0 Å². The second-order valence-corrected chi connectivity index (χ2v) is 6.32. The molecular formula is C14H19Cl3N2. The Bertz CT molecular complexity index is 451. The summed E-state index contributed by atoms with van der Waals surface area (Å²) in [5.41, 5.74) is 0.984. The van der Waals surface area contributed by atoms with Gasteiger partial charge in [0.15, 0.2) is 0 Å². The van der Waals surface area contributed by atoms with Crippen LogP contribution >= 0.6 is 34.8 Å². The lowest BCUT2D eigenvalue weighted by Crippen LogP contribution is -2.48. The number of hydrogen-bond donors (Lipinski definition) is 1. The molecule has 0 amide bonds. The van der Waals surface area contributed by atoms with Crippen molar-refractivity contribution in [2.45, 2.75) is 26.3 Å². The number of anilines is 1. The van der Waals surface area contributed by atoms with Crippen molar-refractivity contribution in [2.75, 3.05) is 24.5 Å². The highest BCUT2D eigenvalue weighted by atomic mass is 35.5. The maximum atomic E-state index is 6.28. The van der Waals surface area contributed by atoms with Gasteiger partial charge in [-0.05, 0) is 31.0 Å². The molecule has 2 rings (SSSR count). The van der Waals surface area contributed by atoms with Gasteiger partial charge < -0.3 is 10.2 Å². The zero-order chi connectivity index (χ0) is 14.0. The highest BCUT2D eigenvalue weighted by molar-refractivity contribution is 6.44. The van der Waals surface area contributed by atoms with Gasteiger partial charge in [0.1, 0.15) is 0 Å². The molecule has 1 aliphatic heterocycles. The molecule has 2 unspecified atom stereocenters. The van der Waals surface area contributed by atoms with E-state index in [9.17, 15) is 0 Å². The van der Waals surface area contributed by atoms with E-state index in [0.717, 1.165) is 31.7 Å². The number of halogens is 3. The number of piperidine rings is 1. The first-order valence-corrected chi connectivity index (χ1v) is 7.79. The van der Waals surface area contributed by atoms with Crippen molar-refractivity contribution >= 4 is 40.5 Å². The van der Waals surface area contributed by atoms with Crippen molar-refractivity contribution < 1.29 is 0 Å². The van der Waals surface area contributed by atoms with Gasteiger partial charge in [-0.25, -0.2) is 0 Å². The Morgan fingerprint density at radius 1 is 1.21 bits per heavy atom. The van der Waals surface area contributed by atoms with Gasteiger partial charge >= 0.3 is 0 Å². The maximum Gasteiger partial charge on any atom is 0.0655 e. The molecule has 2 atom stereocenters. The SMILES string of the molecule is CCNC1CCN(c2cc(Cl)c(Cl)cc2Cl)CC1C. The molecule has 19 heavy (non-hydrogen) atoms. The fourth-order valence-corrected chi connectivity index (χ4v) is 3.34. The smallest absolute Gasteiger partial charge is 0.0655 e.